The normalized spacial score (nSPS) is 27.5. The minimum absolute atomic E-state index is 0.384. The smallest absolute Gasteiger partial charge is 0.175 e. The van der Waals surface area contributed by atoms with Crippen LogP contribution >= 0.6 is 11.8 Å². The van der Waals surface area contributed by atoms with Crippen LogP contribution in [0.1, 0.15) is 6.92 Å². The highest BCUT2D eigenvalue weighted by molar-refractivity contribution is 8.00. The largest absolute Gasteiger partial charge is 0.380 e. The molecular formula is C9H10FNS. The van der Waals surface area contributed by atoms with E-state index in [1.807, 2.05) is 24.3 Å². The Morgan fingerprint density at radius 1 is 1.50 bits per heavy atom. The molecule has 0 amide bonds. The van der Waals surface area contributed by atoms with Crippen LogP contribution in [0.5, 0.6) is 0 Å². The van der Waals surface area contributed by atoms with Crippen molar-refractivity contribution in [1.82, 2.24) is 0 Å². The fraction of sp³-hybridized carbons (Fsp3) is 0.333. The number of rotatable bonds is 0. The van der Waals surface area contributed by atoms with E-state index in [-0.39, 0.29) is 0 Å². The van der Waals surface area contributed by atoms with Crippen LogP contribution in [0.4, 0.5) is 10.1 Å². The van der Waals surface area contributed by atoms with Gasteiger partial charge in [-0.25, -0.2) is 4.39 Å². The number of fused-ring (bicyclic) bond motifs is 1. The molecule has 0 aromatic heterocycles. The Morgan fingerprint density at radius 2 is 2.25 bits per heavy atom. The number of anilines is 1. The predicted molar refractivity (Wildman–Crippen MR) is 50.3 cm³/mol. The van der Waals surface area contributed by atoms with E-state index in [9.17, 15) is 4.39 Å². The van der Waals surface area contributed by atoms with Crippen LogP contribution in [0.15, 0.2) is 29.2 Å². The van der Waals surface area contributed by atoms with Crippen LogP contribution in [-0.4, -0.2) is 11.5 Å². The molecule has 1 atom stereocenters. The highest BCUT2D eigenvalue weighted by Gasteiger charge is 2.29. The highest BCUT2D eigenvalue weighted by Crippen LogP contribution is 2.41. The number of hydrogen-bond donors (Lipinski definition) is 1. The maximum atomic E-state index is 13.5. The first kappa shape index (κ1) is 7.92. The average Bonchev–Trinajstić information content (AvgIpc) is 2.02. The summed E-state index contributed by atoms with van der Waals surface area (Å²) in [5.74, 6) is 0. The lowest BCUT2D eigenvalue weighted by Crippen LogP contribution is -2.28. The Morgan fingerprint density at radius 3 is 3.08 bits per heavy atom. The van der Waals surface area contributed by atoms with Gasteiger partial charge in [0.1, 0.15) is 0 Å². The molecule has 64 valence electrons. The first-order valence-electron chi connectivity index (χ1n) is 3.88. The van der Waals surface area contributed by atoms with Crippen molar-refractivity contribution >= 4 is 17.4 Å². The molecule has 0 radical (unpaired) electrons. The molecule has 1 N–H and O–H groups in total. The van der Waals surface area contributed by atoms with E-state index >= 15 is 0 Å². The Kier molecular flexibility index (Phi) is 1.76. The van der Waals surface area contributed by atoms with Crippen molar-refractivity contribution < 1.29 is 4.39 Å². The monoisotopic (exact) mass is 183 g/mol. The molecule has 0 bridgehead atoms. The molecule has 3 heteroatoms. The molecule has 1 heterocycles. The lowest BCUT2D eigenvalue weighted by Gasteiger charge is -2.27. The van der Waals surface area contributed by atoms with Crippen LogP contribution < -0.4 is 5.32 Å². The van der Waals surface area contributed by atoms with E-state index < -0.39 is 5.00 Å². The Balaban J connectivity index is 2.35. The second kappa shape index (κ2) is 2.66. The van der Waals surface area contributed by atoms with Gasteiger partial charge in [-0.2, -0.15) is 0 Å². The highest BCUT2D eigenvalue weighted by atomic mass is 32.2. The topological polar surface area (TPSA) is 12.0 Å². The molecule has 1 aliphatic heterocycles. The van der Waals surface area contributed by atoms with Gasteiger partial charge in [-0.3, -0.25) is 0 Å². The standard InChI is InChI=1S/C9H10FNS/c1-9(10)6-11-7-4-2-3-5-8(7)12-9/h2-5,11H,6H2,1H3. The van der Waals surface area contributed by atoms with E-state index in [1.54, 1.807) is 6.92 Å². The first-order chi connectivity index (χ1) is 5.67. The molecule has 2 rings (SSSR count). The van der Waals surface area contributed by atoms with Gasteiger partial charge in [0.25, 0.3) is 0 Å². The van der Waals surface area contributed by atoms with Crippen LogP contribution in [0.3, 0.4) is 0 Å². The Hall–Kier alpha value is -0.700. The van der Waals surface area contributed by atoms with Gasteiger partial charge in [0.2, 0.25) is 0 Å². The van der Waals surface area contributed by atoms with E-state index in [4.69, 9.17) is 0 Å². The summed E-state index contributed by atoms with van der Waals surface area (Å²) in [4.78, 5) is 0.994. The SMILES string of the molecule is CC1(F)CNc2ccccc2S1. The number of benzene rings is 1. The van der Waals surface area contributed by atoms with Gasteiger partial charge in [0.15, 0.2) is 5.00 Å². The maximum absolute atomic E-state index is 13.5. The average molecular weight is 183 g/mol. The molecule has 12 heavy (non-hydrogen) atoms. The van der Waals surface area contributed by atoms with Gasteiger partial charge in [-0.1, -0.05) is 23.9 Å². The number of para-hydroxylation sites is 1. The first-order valence-corrected chi connectivity index (χ1v) is 4.70. The number of nitrogens with one attached hydrogen (secondary N) is 1. The second-order valence-electron chi connectivity index (χ2n) is 3.05. The summed E-state index contributed by atoms with van der Waals surface area (Å²) in [6.07, 6.45) is 0. The van der Waals surface area contributed by atoms with Gasteiger partial charge in [-0.05, 0) is 19.1 Å². The third-order valence-corrected chi connectivity index (χ3v) is 2.95. The lowest BCUT2D eigenvalue weighted by molar-refractivity contribution is 0.331. The number of thioether (sulfide) groups is 1. The molecular weight excluding hydrogens is 173 g/mol. The molecule has 1 unspecified atom stereocenters. The summed E-state index contributed by atoms with van der Waals surface area (Å²) < 4.78 is 13.5. The molecule has 0 spiro atoms. The predicted octanol–water partition coefficient (Wildman–Crippen LogP) is 2.89. The maximum Gasteiger partial charge on any atom is 0.175 e. The van der Waals surface area contributed by atoms with Crippen molar-refractivity contribution in [2.45, 2.75) is 16.8 Å². The quantitative estimate of drug-likeness (QED) is 0.663. The van der Waals surface area contributed by atoms with Crippen LogP contribution in [-0.2, 0) is 0 Å². The third kappa shape index (κ3) is 1.41. The van der Waals surface area contributed by atoms with Crippen LogP contribution in [0.25, 0.3) is 0 Å². The summed E-state index contributed by atoms with van der Waals surface area (Å²) in [6.45, 7) is 1.98. The number of halogens is 1. The fourth-order valence-corrected chi connectivity index (χ4v) is 2.22. The molecule has 1 aromatic rings. The third-order valence-electron chi connectivity index (χ3n) is 1.80. The van der Waals surface area contributed by atoms with Gasteiger partial charge < -0.3 is 5.32 Å². The molecule has 0 fully saturated rings. The Bertz CT molecular complexity index is 298. The van der Waals surface area contributed by atoms with Crippen LogP contribution in [0.2, 0.25) is 0 Å². The molecule has 0 saturated heterocycles. The number of hydrogen-bond acceptors (Lipinski definition) is 2. The number of alkyl halides is 1. The molecule has 1 nitrogen and oxygen atoms in total. The summed E-state index contributed by atoms with van der Waals surface area (Å²) in [6, 6.07) is 7.78. The van der Waals surface area contributed by atoms with Crippen molar-refractivity contribution in [3.63, 3.8) is 0 Å². The zero-order chi connectivity index (χ0) is 8.60. The zero-order valence-electron chi connectivity index (χ0n) is 6.80. The fourth-order valence-electron chi connectivity index (χ4n) is 1.22. The van der Waals surface area contributed by atoms with Crippen molar-refractivity contribution in [2.24, 2.45) is 0 Å². The van der Waals surface area contributed by atoms with Crippen molar-refractivity contribution in [1.29, 1.82) is 0 Å². The summed E-state index contributed by atoms with van der Waals surface area (Å²) in [5, 5.41) is 1.88. The second-order valence-corrected chi connectivity index (χ2v) is 4.55. The molecule has 0 aliphatic carbocycles. The molecule has 1 aromatic carbocycles. The Labute approximate surface area is 75.4 Å². The van der Waals surface area contributed by atoms with Crippen LogP contribution in [0, 0.1) is 0 Å². The minimum atomic E-state index is -1.17. The zero-order valence-corrected chi connectivity index (χ0v) is 7.62. The summed E-state index contributed by atoms with van der Waals surface area (Å²) in [5.41, 5.74) is 1.04. The van der Waals surface area contributed by atoms with E-state index in [1.165, 1.54) is 11.8 Å². The molecule has 0 saturated carbocycles. The van der Waals surface area contributed by atoms with Crippen molar-refractivity contribution in [2.75, 3.05) is 11.9 Å². The van der Waals surface area contributed by atoms with Crippen molar-refractivity contribution in [3.05, 3.63) is 24.3 Å². The minimum Gasteiger partial charge on any atom is -0.380 e. The van der Waals surface area contributed by atoms with Gasteiger partial charge >= 0.3 is 0 Å². The van der Waals surface area contributed by atoms with E-state index in [0.717, 1.165) is 10.6 Å². The van der Waals surface area contributed by atoms with E-state index in [2.05, 4.69) is 5.32 Å². The van der Waals surface area contributed by atoms with Gasteiger partial charge in [0.05, 0.1) is 6.54 Å². The summed E-state index contributed by atoms with van der Waals surface area (Å²) in [7, 11) is 0. The summed E-state index contributed by atoms with van der Waals surface area (Å²) >= 11 is 1.28. The van der Waals surface area contributed by atoms with E-state index in [0.29, 0.717) is 6.54 Å². The lowest BCUT2D eigenvalue weighted by atomic mass is 10.3. The molecule has 1 aliphatic rings. The van der Waals surface area contributed by atoms with Gasteiger partial charge in [0, 0.05) is 10.6 Å². The van der Waals surface area contributed by atoms with Crippen molar-refractivity contribution in [3.8, 4) is 0 Å². The van der Waals surface area contributed by atoms with Gasteiger partial charge in [-0.15, -0.1) is 0 Å².